The van der Waals surface area contributed by atoms with Crippen LogP contribution in [-0.2, 0) is 4.79 Å². The van der Waals surface area contributed by atoms with Gasteiger partial charge in [0.1, 0.15) is 0 Å². The maximum atomic E-state index is 11.1. The highest BCUT2D eigenvalue weighted by Crippen LogP contribution is 2.17. The fourth-order valence-corrected chi connectivity index (χ4v) is 1.72. The van der Waals surface area contributed by atoms with Gasteiger partial charge in [-0.05, 0) is 40.0 Å². The van der Waals surface area contributed by atoms with Crippen LogP contribution in [0.5, 0.6) is 0 Å². The summed E-state index contributed by atoms with van der Waals surface area (Å²) in [5, 5.41) is 0. The van der Waals surface area contributed by atoms with E-state index in [1.165, 1.54) is 25.0 Å². The van der Waals surface area contributed by atoms with Crippen molar-refractivity contribution in [2.75, 3.05) is 13.1 Å². The zero-order chi connectivity index (χ0) is 9.84. The monoisotopic (exact) mass is 181 g/mol. The van der Waals surface area contributed by atoms with Gasteiger partial charge in [-0.15, -0.1) is 0 Å². The molecule has 74 valence electrons. The van der Waals surface area contributed by atoms with Crippen LogP contribution in [0.25, 0.3) is 0 Å². The Labute approximate surface area is 80.6 Å². The number of nitrogens with zero attached hydrogens (tertiary/aromatic N) is 1. The van der Waals surface area contributed by atoms with Gasteiger partial charge in [-0.25, -0.2) is 0 Å². The molecule has 0 saturated carbocycles. The quantitative estimate of drug-likeness (QED) is 0.609. The maximum absolute atomic E-state index is 11.1. The van der Waals surface area contributed by atoms with Crippen LogP contribution in [0.3, 0.4) is 0 Å². The molecule has 1 heterocycles. The third-order valence-corrected chi connectivity index (χ3v) is 2.90. The van der Waals surface area contributed by atoms with Crippen molar-refractivity contribution in [1.82, 2.24) is 4.90 Å². The zero-order valence-electron chi connectivity index (χ0n) is 8.89. The Morgan fingerprint density at radius 2 is 1.54 bits per heavy atom. The lowest BCUT2D eigenvalue weighted by molar-refractivity contribution is -0.113. The molecular formula is C11H19NO. The Kier molecular flexibility index (Phi) is 3.52. The predicted octanol–water partition coefficient (Wildman–Crippen LogP) is 2.36. The lowest BCUT2D eigenvalue weighted by Crippen LogP contribution is -2.29. The lowest BCUT2D eigenvalue weighted by atomic mass is 10.1. The van der Waals surface area contributed by atoms with E-state index in [0.29, 0.717) is 0 Å². The molecule has 2 nitrogen and oxygen atoms in total. The van der Waals surface area contributed by atoms with Crippen molar-refractivity contribution in [2.45, 2.75) is 40.0 Å². The number of carbonyl (C=O) groups is 1. The van der Waals surface area contributed by atoms with E-state index >= 15 is 0 Å². The van der Waals surface area contributed by atoms with Gasteiger partial charge in [0.25, 0.3) is 0 Å². The fraction of sp³-hybridized carbons (Fsp3) is 0.727. The number of allylic oxidation sites excluding steroid dienone is 2. The number of Topliss-reactive ketones (excluding diaryl/α,β-unsaturated/α-hetero) is 1. The molecule has 1 aliphatic rings. The molecule has 13 heavy (non-hydrogen) atoms. The summed E-state index contributed by atoms with van der Waals surface area (Å²) in [7, 11) is 0. The van der Waals surface area contributed by atoms with Gasteiger partial charge in [-0.1, -0.05) is 0 Å². The average molecular weight is 181 g/mol. The summed E-state index contributed by atoms with van der Waals surface area (Å²) in [5.41, 5.74) is 2.09. The largest absolute Gasteiger partial charge is 0.375 e. The first-order chi connectivity index (χ1) is 6.13. The third-order valence-electron chi connectivity index (χ3n) is 2.90. The summed E-state index contributed by atoms with van der Waals surface area (Å²) >= 11 is 0. The fourth-order valence-electron chi connectivity index (χ4n) is 1.72. The van der Waals surface area contributed by atoms with Crippen molar-refractivity contribution < 1.29 is 4.79 Å². The van der Waals surface area contributed by atoms with Crippen LogP contribution in [0, 0.1) is 0 Å². The van der Waals surface area contributed by atoms with Gasteiger partial charge in [-0.3, -0.25) is 4.79 Å². The molecule has 1 fully saturated rings. The van der Waals surface area contributed by atoms with E-state index in [0.717, 1.165) is 18.7 Å². The lowest BCUT2D eigenvalue weighted by Gasteiger charge is -2.30. The standard InChI is InChI=1S/C11H19NO/c1-9(11(3)13)10(2)12-7-5-4-6-8-12/h4-8H2,1-3H3/b10-9+. The minimum Gasteiger partial charge on any atom is -0.375 e. The minimum absolute atomic E-state index is 0.197. The second kappa shape index (κ2) is 4.45. The van der Waals surface area contributed by atoms with E-state index < -0.39 is 0 Å². The highest BCUT2D eigenvalue weighted by molar-refractivity contribution is 5.93. The van der Waals surface area contributed by atoms with Crippen molar-refractivity contribution >= 4 is 5.78 Å². The third kappa shape index (κ3) is 2.58. The van der Waals surface area contributed by atoms with Crippen LogP contribution in [0.4, 0.5) is 0 Å². The molecular weight excluding hydrogens is 162 g/mol. The molecule has 0 radical (unpaired) electrons. The van der Waals surface area contributed by atoms with Crippen LogP contribution in [0.2, 0.25) is 0 Å². The first kappa shape index (κ1) is 10.3. The van der Waals surface area contributed by atoms with E-state index in [1.54, 1.807) is 6.92 Å². The Balaban J connectivity index is 2.68. The SMILES string of the molecule is CC(=O)/C(C)=C(\C)N1CCCCC1. The van der Waals surface area contributed by atoms with Crippen LogP contribution in [-0.4, -0.2) is 23.8 Å². The molecule has 0 aromatic carbocycles. The number of hydrogen-bond donors (Lipinski definition) is 0. The van der Waals surface area contributed by atoms with Gasteiger partial charge < -0.3 is 4.90 Å². The van der Waals surface area contributed by atoms with Crippen molar-refractivity contribution in [3.8, 4) is 0 Å². The summed E-state index contributed by atoms with van der Waals surface area (Å²) in [6, 6.07) is 0. The molecule has 0 atom stereocenters. The van der Waals surface area contributed by atoms with Gasteiger partial charge in [0.05, 0.1) is 0 Å². The second-order valence-electron chi connectivity index (χ2n) is 3.81. The Hall–Kier alpha value is -0.790. The number of ketones is 1. The van der Waals surface area contributed by atoms with Gasteiger partial charge in [0, 0.05) is 24.4 Å². The highest BCUT2D eigenvalue weighted by Gasteiger charge is 2.13. The number of hydrogen-bond acceptors (Lipinski definition) is 2. The van der Waals surface area contributed by atoms with Gasteiger partial charge in [-0.2, -0.15) is 0 Å². The summed E-state index contributed by atoms with van der Waals surface area (Å²) in [4.78, 5) is 13.5. The van der Waals surface area contributed by atoms with Crippen LogP contribution in [0.1, 0.15) is 40.0 Å². The molecule has 0 aliphatic carbocycles. The van der Waals surface area contributed by atoms with Crippen molar-refractivity contribution in [3.05, 3.63) is 11.3 Å². The summed E-state index contributed by atoms with van der Waals surface area (Å²) in [6.07, 6.45) is 3.87. The van der Waals surface area contributed by atoms with Gasteiger partial charge in [0.2, 0.25) is 0 Å². The second-order valence-corrected chi connectivity index (χ2v) is 3.81. The van der Waals surface area contributed by atoms with Crippen LogP contribution < -0.4 is 0 Å². The predicted molar refractivity (Wildman–Crippen MR) is 54.5 cm³/mol. The molecule has 0 bridgehead atoms. The molecule has 0 amide bonds. The number of rotatable bonds is 2. The van der Waals surface area contributed by atoms with Crippen LogP contribution >= 0.6 is 0 Å². The van der Waals surface area contributed by atoms with Crippen molar-refractivity contribution in [1.29, 1.82) is 0 Å². The molecule has 0 aromatic heterocycles. The molecule has 0 aromatic rings. The molecule has 0 unspecified atom stereocenters. The van der Waals surface area contributed by atoms with E-state index in [2.05, 4.69) is 11.8 Å². The maximum Gasteiger partial charge on any atom is 0.157 e. The van der Waals surface area contributed by atoms with Crippen LogP contribution in [0.15, 0.2) is 11.3 Å². The van der Waals surface area contributed by atoms with Gasteiger partial charge >= 0.3 is 0 Å². The molecule has 2 heteroatoms. The van der Waals surface area contributed by atoms with E-state index in [-0.39, 0.29) is 5.78 Å². The van der Waals surface area contributed by atoms with E-state index in [1.807, 2.05) is 6.92 Å². The summed E-state index contributed by atoms with van der Waals surface area (Å²) in [6.45, 7) is 7.87. The average Bonchev–Trinajstić information content (AvgIpc) is 2.17. The zero-order valence-corrected chi connectivity index (χ0v) is 8.89. The Morgan fingerprint density at radius 3 is 2.00 bits per heavy atom. The summed E-state index contributed by atoms with van der Waals surface area (Å²) < 4.78 is 0. The first-order valence-electron chi connectivity index (χ1n) is 5.06. The molecule has 0 N–H and O–H groups in total. The number of likely N-dealkylation sites (tertiary alicyclic amines) is 1. The molecule has 0 spiro atoms. The Bertz CT molecular complexity index is 224. The first-order valence-corrected chi connectivity index (χ1v) is 5.06. The minimum atomic E-state index is 0.197. The van der Waals surface area contributed by atoms with E-state index in [4.69, 9.17) is 0 Å². The number of carbonyl (C=O) groups excluding carboxylic acids is 1. The topological polar surface area (TPSA) is 20.3 Å². The van der Waals surface area contributed by atoms with Crippen molar-refractivity contribution in [3.63, 3.8) is 0 Å². The van der Waals surface area contributed by atoms with Crippen molar-refractivity contribution in [2.24, 2.45) is 0 Å². The molecule has 1 saturated heterocycles. The smallest absolute Gasteiger partial charge is 0.157 e. The number of piperidine rings is 1. The van der Waals surface area contributed by atoms with Gasteiger partial charge in [0.15, 0.2) is 5.78 Å². The Morgan fingerprint density at radius 1 is 1.00 bits per heavy atom. The normalized spacial score (nSPS) is 19.8. The molecule has 1 rings (SSSR count). The van der Waals surface area contributed by atoms with E-state index in [9.17, 15) is 4.79 Å². The highest BCUT2D eigenvalue weighted by atomic mass is 16.1. The molecule has 1 aliphatic heterocycles. The summed E-state index contributed by atoms with van der Waals surface area (Å²) in [5.74, 6) is 0.197.